The summed E-state index contributed by atoms with van der Waals surface area (Å²) < 4.78 is 31.0. The van der Waals surface area contributed by atoms with Crippen LogP contribution in [0.4, 0.5) is 4.39 Å². The second-order valence-electron chi connectivity index (χ2n) is 5.43. The minimum Gasteiger partial charge on any atom is -0.486 e. The van der Waals surface area contributed by atoms with Crippen molar-refractivity contribution in [2.75, 3.05) is 13.2 Å². The molecule has 1 aromatic heterocycles. The summed E-state index contributed by atoms with van der Waals surface area (Å²) in [5, 5.41) is 0.658. The molecule has 2 N–H and O–H groups in total. The van der Waals surface area contributed by atoms with Crippen molar-refractivity contribution < 1.29 is 23.4 Å². The molecule has 0 spiro atoms. The summed E-state index contributed by atoms with van der Waals surface area (Å²) in [5.74, 6) is 0.198. The molecule has 3 aromatic rings. The first-order valence-electron chi connectivity index (χ1n) is 7.57. The van der Waals surface area contributed by atoms with Crippen LogP contribution in [0.3, 0.4) is 0 Å². The highest BCUT2D eigenvalue weighted by atomic mass is 19.1. The lowest BCUT2D eigenvalue weighted by Gasteiger charge is -2.19. The molecule has 6 nitrogen and oxygen atoms in total. The number of hydrogen-bond acceptors (Lipinski definition) is 5. The van der Waals surface area contributed by atoms with Gasteiger partial charge in [0.2, 0.25) is 5.91 Å². The lowest BCUT2D eigenvalue weighted by molar-refractivity contribution is 0.1000. The molecule has 0 fully saturated rings. The summed E-state index contributed by atoms with van der Waals surface area (Å²) in [5.41, 5.74) is 5.85. The number of rotatable bonds is 3. The van der Waals surface area contributed by atoms with E-state index in [1.807, 2.05) is 0 Å². The van der Waals surface area contributed by atoms with Gasteiger partial charge in [-0.15, -0.1) is 0 Å². The van der Waals surface area contributed by atoms with Crippen LogP contribution in [0.2, 0.25) is 0 Å². The van der Waals surface area contributed by atoms with Crippen LogP contribution in [0.25, 0.3) is 10.9 Å². The predicted molar refractivity (Wildman–Crippen MR) is 87.7 cm³/mol. The molecule has 0 bridgehead atoms. The van der Waals surface area contributed by atoms with Gasteiger partial charge < -0.3 is 19.9 Å². The van der Waals surface area contributed by atoms with Gasteiger partial charge in [-0.25, -0.2) is 4.39 Å². The second-order valence-corrected chi connectivity index (χ2v) is 5.43. The van der Waals surface area contributed by atoms with Crippen molar-refractivity contribution >= 4 is 16.8 Å². The average Bonchev–Trinajstić information content (AvgIpc) is 2.62. The van der Waals surface area contributed by atoms with Gasteiger partial charge in [-0.2, -0.15) is 0 Å². The number of pyridine rings is 1. The highest BCUT2D eigenvalue weighted by molar-refractivity contribution is 5.93. The SMILES string of the molecule is NC(=O)c1ccc(Oc2ccnc3cc4c(cc23)OCCO4)c(F)c1. The number of carbonyl (C=O) groups is 1. The van der Waals surface area contributed by atoms with Gasteiger partial charge in [0.1, 0.15) is 19.0 Å². The Bertz CT molecular complexity index is 990. The van der Waals surface area contributed by atoms with Gasteiger partial charge in [-0.05, 0) is 30.3 Å². The van der Waals surface area contributed by atoms with E-state index in [9.17, 15) is 9.18 Å². The maximum atomic E-state index is 14.2. The number of halogens is 1. The Labute approximate surface area is 141 Å². The first kappa shape index (κ1) is 15.2. The highest BCUT2D eigenvalue weighted by Crippen LogP contribution is 2.38. The topological polar surface area (TPSA) is 83.7 Å². The molecule has 4 rings (SSSR count). The minimum absolute atomic E-state index is 0.0209. The summed E-state index contributed by atoms with van der Waals surface area (Å²) in [7, 11) is 0. The van der Waals surface area contributed by atoms with Crippen LogP contribution in [0.5, 0.6) is 23.0 Å². The van der Waals surface area contributed by atoms with E-state index in [0.29, 0.717) is 41.4 Å². The number of benzene rings is 2. The van der Waals surface area contributed by atoms with Crippen LogP contribution in [-0.2, 0) is 0 Å². The Morgan fingerprint density at radius 1 is 1.08 bits per heavy atom. The van der Waals surface area contributed by atoms with Crippen LogP contribution in [0, 0.1) is 5.82 Å². The molecule has 0 saturated carbocycles. The normalized spacial score (nSPS) is 12.8. The molecule has 0 atom stereocenters. The molecule has 126 valence electrons. The van der Waals surface area contributed by atoms with E-state index in [-0.39, 0.29) is 11.3 Å². The van der Waals surface area contributed by atoms with Gasteiger partial charge in [0, 0.05) is 23.2 Å². The van der Waals surface area contributed by atoms with Crippen molar-refractivity contribution in [3.05, 3.63) is 54.0 Å². The van der Waals surface area contributed by atoms with Crippen molar-refractivity contribution in [1.29, 1.82) is 0 Å². The van der Waals surface area contributed by atoms with Crippen molar-refractivity contribution in [2.24, 2.45) is 5.73 Å². The summed E-state index contributed by atoms with van der Waals surface area (Å²) in [4.78, 5) is 15.4. The maximum Gasteiger partial charge on any atom is 0.248 e. The summed E-state index contributed by atoms with van der Waals surface area (Å²) in [6, 6.07) is 8.94. The molecular formula is C18H13FN2O4. The molecule has 2 heterocycles. The third-order valence-electron chi connectivity index (χ3n) is 3.80. The summed E-state index contributed by atoms with van der Waals surface area (Å²) >= 11 is 0. The molecule has 25 heavy (non-hydrogen) atoms. The van der Waals surface area contributed by atoms with Gasteiger partial charge in [0.25, 0.3) is 0 Å². The molecule has 0 saturated heterocycles. The zero-order valence-electron chi connectivity index (χ0n) is 13.0. The molecular weight excluding hydrogens is 327 g/mol. The van der Waals surface area contributed by atoms with E-state index in [0.717, 1.165) is 6.07 Å². The average molecular weight is 340 g/mol. The monoisotopic (exact) mass is 340 g/mol. The zero-order chi connectivity index (χ0) is 17.4. The first-order valence-corrected chi connectivity index (χ1v) is 7.57. The summed E-state index contributed by atoms with van der Waals surface area (Å²) in [6.45, 7) is 0.935. The van der Waals surface area contributed by atoms with Crippen LogP contribution >= 0.6 is 0 Å². The van der Waals surface area contributed by atoms with Crippen LogP contribution in [0.15, 0.2) is 42.6 Å². The Kier molecular flexibility index (Phi) is 3.61. The number of hydrogen-bond donors (Lipinski definition) is 1. The number of carbonyl (C=O) groups excluding carboxylic acids is 1. The minimum atomic E-state index is -0.705. The van der Waals surface area contributed by atoms with Crippen molar-refractivity contribution in [1.82, 2.24) is 4.98 Å². The van der Waals surface area contributed by atoms with E-state index in [2.05, 4.69) is 4.98 Å². The number of primary amides is 1. The molecule has 1 aliphatic heterocycles. The van der Waals surface area contributed by atoms with Crippen molar-refractivity contribution in [3.8, 4) is 23.0 Å². The van der Waals surface area contributed by atoms with Crippen LogP contribution < -0.4 is 19.9 Å². The number of nitrogens with two attached hydrogens (primary N) is 1. The molecule has 2 aromatic carbocycles. The largest absolute Gasteiger partial charge is 0.486 e. The quantitative estimate of drug-likeness (QED) is 0.792. The Morgan fingerprint density at radius 2 is 1.84 bits per heavy atom. The van der Waals surface area contributed by atoms with E-state index in [4.69, 9.17) is 19.9 Å². The standard InChI is InChI=1S/C18H13FN2O4/c19-12-7-10(18(20)22)1-2-15(12)25-14-3-4-21-13-9-17-16(8-11(13)14)23-5-6-24-17/h1-4,7-9H,5-6H2,(H2,20,22). The van der Waals surface area contributed by atoms with Gasteiger partial charge in [0.15, 0.2) is 23.1 Å². The van der Waals surface area contributed by atoms with Gasteiger partial charge in [0.05, 0.1) is 5.52 Å². The molecule has 0 radical (unpaired) electrons. The molecule has 1 aliphatic rings. The Morgan fingerprint density at radius 3 is 2.56 bits per heavy atom. The molecule has 0 unspecified atom stereocenters. The van der Waals surface area contributed by atoms with Gasteiger partial charge in [-0.3, -0.25) is 9.78 Å². The molecule has 0 aliphatic carbocycles. The third-order valence-corrected chi connectivity index (χ3v) is 3.80. The fraction of sp³-hybridized carbons (Fsp3) is 0.111. The second kappa shape index (κ2) is 5.94. The summed E-state index contributed by atoms with van der Waals surface area (Å²) in [6.07, 6.45) is 1.56. The maximum absolute atomic E-state index is 14.2. The Hall–Kier alpha value is -3.35. The van der Waals surface area contributed by atoms with Crippen molar-refractivity contribution in [2.45, 2.75) is 0 Å². The van der Waals surface area contributed by atoms with Crippen molar-refractivity contribution in [3.63, 3.8) is 0 Å². The number of fused-ring (bicyclic) bond motifs is 2. The lowest BCUT2D eigenvalue weighted by Crippen LogP contribution is -2.15. The van der Waals surface area contributed by atoms with Gasteiger partial charge >= 0.3 is 0 Å². The van der Waals surface area contributed by atoms with E-state index < -0.39 is 11.7 Å². The fourth-order valence-corrected chi connectivity index (χ4v) is 2.60. The zero-order valence-corrected chi connectivity index (χ0v) is 13.0. The fourth-order valence-electron chi connectivity index (χ4n) is 2.60. The van der Waals surface area contributed by atoms with E-state index in [1.165, 1.54) is 12.1 Å². The number of nitrogens with zero attached hydrogens (tertiary/aromatic N) is 1. The number of aromatic nitrogens is 1. The Balaban J connectivity index is 1.75. The third kappa shape index (κ3) is 2.80. The molecule has 1 amide bonds. The van der Waals surface area contributed by atoms with E-state index >= 15 is 0 Å². The first-order chi connectivity index (χ1) is 12.1. The highest BCUT2D eigenvalue weighted by Gasteiger charge is 2.16. The van der Waals surface area contributed by atoms with Gasteiger partial charge in [-0.1, -0.05) is 0 Å². The lowest BCUT2D eigenvalue weighted by atomic mass is 10.1. The van der Waals surface area contributed by atoms with Crippen LogP contribution in [-0.4, -0.2) is 24.1 Å². The molecule has 7 heteroatoms. The number of ether oxygens (including phenoxy) is 3. The predicted octanol–water partition coefficient (Wildman–Crippen LogP) is 3.04. The smallest absolute Gasteiger partial charge is 0.248 e. The van der Waals surface area contributed by atoms with Crippen LogP contribution in [0.1, 0.15) is 10.4 Å². The van der Waals surface area contributed by atoms with E-state index in [1.54, 1.807) is 24.4 Å². The number of amides is 1.